The Balaban J connectivity index is 2.36. The Morgan fingerprint density at radius 2 is 2.43 bits per heavy atom. The molecular weight excluding hydrogens is 180 g/mol. The van der Waals surface area contributed by atoms with Gasteiger partial charge in [-0.15, -0.1) is 0 Å². The van der Waals surface area contributed by atoms with Crippen molar-refractivity contribution in [1.29, 1.82) is 0 Å². The summed E-state index contributed by atoms with van der Waals surface area (Å²) < 4.78 is 10.8. The number of rotatable bonds is 2. The first kappa shape index (κ1) is 9.06. The molecule has 1 aromatic heterocycles. The topological polar surface area (TPSA) is 39.4 Å². The van der Waals surface area contributed by atoms with Gasteiger partial charge in [-0.05, 0) is 18.6 Å². The molecule has 1 unspecified atom stereocenters. The van der Waals surface area contributed by atoms with Crippen LogP contribution in [-0.2, 0) is 15.1 Å². The lowest BCUT2D eigenvalue weighted by Crippen LogP contribution is -2.32. The molecule has 14 heavy (non-hydrogen) atoms. The third kappa shape index (κ3) is 1.35. The van der Waals surface area contributed by atoms with Crippen LogP contribution in [0, 0.1) is 0 Å². The van der Waals surface area contributed by atoms with E-state index >= 15 is 0 Å². The minimum Gasteiger partial charge on any atom is -0.486 e. The second-order valence-electron chi connectivity index (χ2n) is 3.39. The van der Waals surface area contributed by atoms with Crippen LogP contribution in [0.5, 0.6) is 0 Å². The van der Waals surface area contributed by atoms with Crippen molar-refractivity contribution in [3.63, 3.8) is 0 Å². The number of carbonyl (C=O) groups excluding carboxylic acids is 1. The quantitative estimate of drug-likeness (QED) is 0.722. The first-order valence-electron chi connectivity index (χ1n) is 4.68. The maximum absolute atomic E-state index is 11.3. The normalized spacial score (nSPS) is 26.2. The van der Waals surface area contributed by atoms with Gasteiger partial charge in [0.2, 0.25) is 0 Å². The van der Waals surface area contributed by atoms with Crippen LogP contribution in [0.4, 0.5) is 0 Å². The number of allylic oxidation sites excluding steroid dienone is 1. The van der Waals surface area contributed by atoms with Gasteiger partial charge in [0.1, 0.15) is 5.76 Å². The Morgan fingerprint density at radius 1 is 1.57 bits per heavy atom. The molecule has 2 heterocycles. The molecule has 1 atom stereocenters. The maximum Gasteiger partial charge on any atom is 0.172 e. The number of hydrogen-bond acceptors (Lipinski definition) is 3. The van der Waals surface area contributed by atoms with E-state index in [9.17, 15) is 4.79 Å². The zero-order chi connectivity index (χ0) is 10.0. The zero-order valence-electron chi connectivity index (χ0n) is 8.03. The Kier molecular flexibility index (Phi) is 2.15. The van der Waals surface area contributed by atoms with Gasteiger partial charge >= 0.3 is 0 Å². The van der Waals surface area contributed by atoms with Gasteiger partial charge in [0.05, 0.1) is 18.9 Å². The molecule has 1 aromatic rings. The van der Waals surface area contributed by atoms with E-state index in [-0.39, 0.29) is 5.78 Å². The summed E-state index contributed by atoms with van der Waals surface area (Å²) in [5.41, 5.74) is -0.588. The van der Waals surface area contributed by atoms with Gasteiger partial charge in [-0.3, -0.25) is 4.79 Å². The molecule has 74 valence electrons. The molecule has 1 aliphatic rings. The molecule has 0 N–H and O–H groups in total. The van der Waals surface area contributed by atoms with Crippen molar-refractivity contribution in [2.75, 3.05) is 0 Å². The summed E-state index contributed by atoms with van der Waals surface area (Å²) in [7, 11) is 0. The number of furan rings is 1. The van der Waals surface area contributed by atoms with E-state index < -0.39 is 5.60 Å². The van der Waals surface area contributed by atoms with Gasteiger partial charge in [-0.1, -0.05) is 6.92 Å². The van der Waals surface area contributed by atoms with Crippen molar-refractivity contribution in [3.05, 3.63) is 36.5 Å². The molecule has 3 nitrogen and oxygen atoms in total. The lowest BCUT2D eigenvalue weighted by atomic mass is 9.89. The van der Waals surface area contributed by atoms with E-state index in [1.807, 2.05) is 13.0 Å². The van der Waals surface area contributed by atoms with Crippen molar-refractivity contribution in [1.82, 2.24) is 0 Å². The van der Waals surface area contributed by atoms with Crippen molar-refractivity contribution in [2.24, 2.45) is 0 Å². The van der Waals surface area contributed by atoms with Crippen LogP contribution in [0.1, 0.15) is 25.5 Å². The van der Waals surface area contributed by atoms with Crippen molar-refractivity contribution in [3.8, 4) is 0 Å². The van der Waals surface area contributed by atoms with Gasteiger partial charge in [-0.2, -0.15) is 0 Å². The number of ketones is 1. The van der Waals surface area contributed by atoms with E-state index in [1.165, 1.54) is 12.3 Å². The standard InChI is InChI=1S/C11H12O3/c1-2-11(10-4-3-6-13-10)8-9(12)5-7-14-11/h3-7H,2,8H2,1H3. The Morgan fingerprint density at radius 3 is 3.00 bits per heavy atom. The molecule has 2 rings (SSSR count). The number of carbonyl (C=O) groups is 1. The van der Waals surface area contributed by atoms with E-state index in [0.29, 0.717) is 6.42 Å². The predicted molar refractivity (Wildman–Crippen MR) is 50.5 cm³/mol. The first-order valence-corrected chi connectivity index (χ1v) is 4.68. The largest absolute Gasteiger partial charge is 0.486 e. The maximum atomic E-state index is 11.3. The van der Waals surface area contributed by atoms with Crippen LogP contribution in [0.3, 0.4) is 0 Å². The minimum absolute atomic E-state index is 0.0782. The molecule has 0 bridgehead atoms. The highest BCUT2D eigenvalue weighted by molar-refractivity contribution is 5.90. The smallest absolute Gasteiger partial charge is 0.172 e. The summed E-state index contributed by atoms with van der Waals surface area (Å²) in [6.07, 6.45) is 5.58. The average molecular weight is 192 g/mol. The summed E-state index contributed by atoms with van der Waals surface area (Å²) in [6.45, 7) is 1.98. The third-order valence-corrected chi connectivity index (χ3v) is 2.55. The van der Waals surface area contributed by atoms with Crippen LogP contribution in [-0.4, -0.2) is 5.78 Å². The lowest BCUT2D eigenvalue weighted by Gasteiger charge is -2.31. The van der Waals surface area contributed by atoms with Crippen molar-refractivity contribution >= 4 is 5.78 Å². The summed E-state index contributed by atoms with van der Waals surface area (Å²) in [4.78, 5) is 11.3. The summed E-state index contributed by atoms with van der Waals surface area (Å²) in [5.74, 6) is 0.798. The molecule has 0 spiro atoms. The van der Waals surface area contributed by atoms with Crippen LogP contribution in [0.25, 0.3) is 0 Å². The predicted octanol–water partition coefficient (Wildman–Crippen LogP) is 2.39. The zero-order valence-corrected chi connectivity index (χ0v) is 8.03. The molecular formula is C11H12O3. The summed E-state index contributed by atoms with van der Waals surface area (Å²) >= 11 is 0. The second-order valence-corrected chi connectivity index (χ2v) is 3.39. The van der Waals surface area contributed by atoms with Crippen molar-refractivity contribution in [2.45, 2.75) is 25.4 Å². The molecule has 0 aromatic carbocycles. The molecule has 0 amide bonds. The molecule has 0 saturated heterocycles. The highest BCUT2D eigenvalue weighted by Gasteiger charge is 2.38. The third-order valence-electron chi connectivity index (χ3n) is 2.55. The fourth-order valence-electron chi connectivity index (χ4n) is 1.69. The van der Waals surface area contributed by atoms with Gasteiger partial charge in [0.25, 0.3) is 0 Å². The average Bonchev–Trinajstić information content (AvgIpc) is 2.71. The van der Waals surface area contributed by atoms with Crippen LogP contribution in [0.15, 0.2) is 35.2 Å². The number of hydrogen-bond donors (Lipinski definition) is 0. The fourth-order valence-corrected chi connectivity index (χ4v) is 1.69. The molecule has 1 aliphatic heterocycles. The number of ether oxygens (including phenoxy) is 1. The molecule has 0 radical (unpaired) electrons. The molecule has 0 saturated carbocycles. The molecule has 3 heteroatoms. The van der Waals surface area contributed by atoms with E-state index in [2.05, 4.69) is 0 Å². The van der Waals surface area contributed by atoms with E-state index in [4.69, 9.17) is 9.15 Å². The van der Waals surface area contributed by atoms with Gasteiger partial charge in [0, 0.05) is 6.08 Å². The van der Waals surface area contributed by atoms with Gasteiger partial charge < -0.3 is 9.15 Å². The Labute approximate surface area is 82.4 Å². The van der Waals surface area contributed by atoms with Crippen LogP contribution < -0.4 is 0 Å². The van der Waals surface area contributed by atoms with Gasteiger partial charge in [-0.25, -0.2) is 0 Å². The fraction of sp³-hybridized carbons (Fsp3) is 0.364. The Bertz CT molecular complexity index is 351. The minimum atomic E-state index is -0.588. The SMILES string of the molecule is CCC1(c2ccco2)CC(=O)C=CO1. The van der Waals surface area contributed by atoms with Crippen LogP contribution >= 0.6 is 0 Å². The van der Waals surface area contributed by atoms with Crippen molar-refractivity contribution < 1.29 is 13.9 Å². The lowest BCUT2D eigenvalue weighted by molar-refractivity contribution is -0.124. The molecule has 0 aliphatic carbocycles. The summed E-state index contributed by atoms with van der Waals surface area (Å²) in [5, 5.41) is 0. The van der Waals surface area contributed by atoms with E-state index in [1.54, 1.807) is 12.3 Å². The molecule has 0 fully saturated rings. The van der Waals surface area contributed by atoms with E-state index in [0.717, 1.165) is 12.2 Å². The van der Waals surface area contributed by atoms with Gasteiger partial charge in [0.15, 0.2) is 11.4 Å². The summed E-state index contributed by atoms with van der Waals surface area (Å²) in [6, 6.07) is 3.65. The highest BCUT2D eigenvalue weighted by atomic mass is 16.5. The monoisotopic (exact) mass is 192 g/mol. The van der Waals surface area contributed by atoms with Crippen LogP contribution in [0.2, 0.25) is 0 Å². The Hall–Kier alpha value is -1.51. The first-order chi connectivity index (χ1) is 6.77. The highest BCUT2D eigenvalue weighted by Crippen LogP contribution is 2.36. The second kappa shape index (κ2) is 3.33.